The molecule has 0 aromatic heterocycles. The molecule has 0 fully saturated rings. The maximum absolute atomic E-state index is 13.2. The molecule has 0 radical (unpaired) electrons. The molecule has 78 valence electrons. The SMILES string of the molecule is CN(Cc1cc(Cl)ccc1F)C(=O)C#N. The van der Waals surface area contributed by atoms with Gasteiger partial charge in [-0.1, -0.05) is 11.6 Å². The molecule has 0 atom stereocenters. The van der Waals surface area contributed by atoms with Crippen molar-refractivity contribution in [2.45, 2.75) is 6.54 Å². The molecule has 1 amide bonds. The lowest BCUT2D eigenvalue weighted by atomic mass is 10.2. The second kappa shape index (κ2) is 4.76. The van der Waals surface area contributed by atoms with Crippen molar-refractivity contribution in [1.82, 2.24) is 4.90 Å². The molecule has 0 spiro atoms. The third-order valence-corrected chi connectivity index (χ3v) is 2.09. The van der Waals surface area contributed by atoms with Gasteiger partial charge in [-0.2, -0.15) is 5.26 Å². The highest BCUT2D eigenvalue weighted by Gasteiger charge is 2.10. The molecule has 0 aliphatic heterocycles. The summed E-state index contributed by atoms with van der Waals surface area (Å²) in [5.41, 5.74) is 0.286. The number of halogens is 2. The van der Waals surface area contributed by atoms with Gasteiger partial charge in [0.25, 0.3) is 0 Å². The molecule has 15 heavy (non-hydrogen) atoms. The molecule has 0 saturated heterocycles. The van der Waals surface area contributed by atoms with E-state index in [2.05, 4.69) is 0 Å². The van der Waals surface area contributed by atoms with Crippen molar-refractivity contribution in [2.75, 3.05) is 7.05 Å². The van der Waals surface area contributed by atoms with Crippen LogP contribution in [0.15, 0.2) is 18.2 Å². The minimum absolute atomic E-state index is 0.0266. The summed E-state index contributed by atoms with van der Waals surface area (Å²) >= 11 is 5.68. The molecule has 0 N–H and O–H groups in total. The number of carbonyl (C=O) groups excluding carboxylic acids is 1. The number of hydrogen-bond donors (Lipinski definition) is 0. The molecule has 0 heterocycles. The van der Waals surface area contributed by atoms with Gasteiger partial charge >= 0.3 is 5.91 Å². The van der Waals surface area contributed by atoms with Gasteiger partial charge in [-0.25, -0.2) is 4.39 Å². The van der Waals surface area contributed by atoms with Crippen molar-refractivity contribution in [2.24, 2.45) is 0 Å². The Balaban J connectivity index is 2.85. The Kier molecular flexibility index (Phi) is 3.64. The van der Waals surface area contributed by atoms with Crippen LogP contribution in [0.5, 0.6) is 0 Å². The highest BCUT2D eigenvalue weighted by molar-refractivity contribution is 6.30. The summed E-state index contributed by atoms with van der Waals surface area (Å²) in [5, 5.41) is 8.74. The monoisotopic (exact) mass is 226 g/mol. The van der Waals surface area contributed by atoms with Gasteiger partial charge in [-0.15, -0.1) is 0 Å². The summed E-state index contributed by atoms with van der Waals surface area (Å²) in [6.45, 7) is 0.0266. The van der Waals surface area contributed by atoms with Crippen LogP contribution >= 0.6 is 11.6 Å². The quantitative estimate of drug-likeness (QED) is 0.724. The van der Waals surface area contributed by atoms with E-state index >= 15 is 0 Å². The van der Waals surface area contributed by atoms with E-state index in [0.717, 1.165) is 4.90 Å². The lowest BCUT2D eigenvalue weighted by Crippen LogP contribution is -2.24. The second-order valence-corrected chi connectivity index (χ2v) is 3.45. The van der Waals surface area contributed by atoms with Gasteiger partial charge in [0, 0.05) is 24.2 Å². The summed E-state index contributed by atoms with van der Waals surface area (Å²) in [5.74, 6) is -1.16. The van der Waals surface area contributed by atoms with E-state index in [4.69, 9.17) is 16.9 Å². The van der Waals surface area contributed by atoms with Gasteiger partial charge in [-0.05, 0) is 18.2 Å². The zero-order valence-corrected chi connectivity index (χ0v) is 8.75. The smallest absolute Gasteiger partial charge is 0.325 e. The fraction of sp³-hybridized carbons (Fsp3) is 0.200. The molecular formula is C10H8ClFN2O. The van der Waals surface area contributed by atoms with Crippen molar-refractivity contribution < 1.29 is 9.18 Å². The first kappa shape index (κ1) is 11.5. The zero-order chi connectivity index (χ0) is 11.4. The Morgan fingerprint density at radius 2 is 2.33 bits per heavy atom. The van der Waals surface area contributed by atoms with E-state index in [1.807, 2.05) is 0 Å². The Morgan fingerprint density at radius 1 is 1.67 bits per heavy atom. The average Bonchev–Trinajstić information content (AvgIpc) is 2.22. The van der Waals surface area contributed by atoms with Crippen LogP contribution in [0.2, 0.25) is 5.02 Å². The van der Waals surface area contributed by atoms with Crippen LogP contribution in [0.1, 0.15) is 5.56 Å². The van der Waals surface area contributed by atoms with Gasteiger partial charge in [0.1, 0.15) is 5.82 Å². The first-order chi connectivity index (χ1) is 7.04. The molecule has 3 nitrogen and oxygen atoms in total. The number of nitrogens with zero attached hydrogens (tertiary/aromatic N) is 2. The third kappa shape index (κ3) is 2.93. The van der Waals surface area contributed by atoms with E-state index in [-0.39, 0.29) is 12.1 Å². The lowest BCUT2D eigenvalue weighted by Gasteiger charge is -2.13. The van der Waals surface area contributed by atoms with Crippen molar-refractivity contribution >= 4 is 17.5 Å². The Hall–Kier alpha value is -1.60. The second-order valence-electron chi connectivity index (χ2n) is 3.01. The number of hydrogen-bond acceptors (Lipinski definition) is 2. The molecule has 0 bridgehead atoms. The van der Waals surface area contributed by atoms with Crippen molar-refractivity contribution in [3.63, 3.8) is 0 Å². The summed E-state index contributed by atoms with van der Waals surface area (Å²) in [6, 6.07) is 5.53. The van der Waals surface area contributed by atoms with Crippen molar-refractivity contribution in [3.05, 3.63) is 34.6 Å². The van der Waals surface area contributed by atoms with Crippen LogP contribution in [0.4, 0.5) is 4.39 Å². The number of benzene rings is 1. The largest absolute Gasteiger partial charge is 0.329 e. The molecule has 0 aliphatic carbocycles. The predicted molar refractivity (Wildman–Crippen MR) is 53.5 cm³/mol. The molecule has 1 aromatic rings. The van der Waals surface area contributed by atoms with Gasteiger partial charge in [0.15, 0.2) is 6.07 Å². The van der Waals surface area contributed by atoms with Crippen LogP contribution < -0.4 is 0 Å². The molecule has 5 heteroatoms. The van der Waals surface area contributed by atoms with Gasteiger partial charge in [-0.3, -0.25) is 4.79 Å². The van der Waals surface area contributed by atoms with E-state index in [1.54, 1.807) is 0 Å². The van der Waals surface area contributed by atoms with Gasteiger partial charge in [0.2, 0.25) is 0 Å². The molecular weight excluding hydrogens is 219 g/mol. The highest BCUT2D eigenvalue weighted by atomic mass is 35.5. The summed E-state index contributed by atoms with van der Waals surface area (Å²) < 4.78 is 13.2. The minimum Gasteiger partial charge on any atom is -0.329 e. The van der Waals surface area contributed by atoms with Crippen LogP contribution in [0.3, 0.4) is 0 Å². The van der Waals surface area contributed by atoms with Crippen LogP contribution in [-0.2, 0) is 11.3 Å². The lowest BCUT2D eigenvalue weighted by molar-refractivity contribution is -0.124. The molecule has 0 unspecified atom stereocenters. The normalized spacial score (nSPS) is 9.47. The van der Waals surface area contributed by atoms with E-state index in [1.165, 1.54) is 31.3 Å². The maximum Gasteiger partial charge on any atom is 0.325 e. The van der Waals surface area contributed by atoms with Gasteiger partial charge < -0.3 is 4.90 Å². The number of amides is 1. The standard InChI is InChI=1S/C10H8ClFN2O/c1-14(10(15)5-13)6-7-4-8(11)2-3-9(7)12/h2-4H,6H2,1H3. The maximum atomic E-state index is 13.2. The molecule has 0 aliphatic rings. The summed E-state index contributed by atoms with van der Waals surface area (Å²) in [4.78, 5) is 12.0. The third-order valence-electron chi connectivity index (χ3n) is 1.86. The number of nitriles is 1. The predicted octanol–water partition coefficient (Wildman–Crippen LogP) is 1.96. The van der Waals surface area contributed by atoms with Crippen LogP contribution in [-0.4, -0.2) is 17.9 Å². The number of carbonyl (C=O) groups is 1. The first-order valence-electron chi connectivity index (χ1n) is 4.13. The average molecular weight is 227 g/mol. The summed E-state index contributed by atoms with van der Waals surface area (Å²) in [6.07, 6.45) is 0. The van der Waals surface area contributed by atoms with Crippen molar-refractivity contribution in [1.29, 1.82) is 5.26 Å². The Morgan fingerprint density at radius 3 is 2.93 bits per heavy atom. The first-order valence-corrected chi connectivity index (χ1v) is 4.51. The van der Waals surface area contributed by atoms with E-state index in [9.17, 15) is 9.18 Å². The molecule has 1 rings (SSSR count). The molecule has 0 saturated carbocycles. The topological polar surface area (TPSA) is 44.1 Å². The van der Waals surface area contributed by atoms with E-state index < -0.39 is 11.7 Å². The highest BCUT2D eigenvalue weighted by Crippen LogP contribution is 2.16. The Labute approximate surface area is 91.7 Å². The van der Waals surface area contributed by atoms with Crippen molar-refractivity contribution in [3.8, 4) is 6.07 Å². The Bertz CT molecular complexity index is 428. The fourth-order valence-electron chi connectivity index (χ4n) is 1.08. The van der Waals surface area contributed by atoms with Gasteiger partial charge in [0.05, 0.1) is 0 Å². The van der Waals surface area contributed by atoms with Crippen LogP contribution in [0, 0.1) is 17.1 Å². The zero-order valence-electron chi connectivity index (χ0n) is 8.00. The summed E-state index contributed by atoms with van der Waals surface area (Å²) in [7, 11) is 1.42. The van der Waals surface area contributed by atoms with Crippen LogP contribution in [0.25, 0.3) is 0 Å². The fourth-order valence-corrected chi connectivity index (χ4v) is 1.27. The number of rotatable bonds is 2. The molecule has 1 aromatic carbocycles. The van der Waals surface area contributed by atoms with E-state index in [0.29, 0.717) is 5.02 Å². The minimum atomic E-state index is -0.714.